The Morgan fingerprint density at radius 2 is 0.902 bits per heavy atom. The third kappa shape index (κ3) is 6.35. The molecule has 0 saturated heterocycles. The number of aromatic nitrogens is 1. The number of hydrogen-bond donors (Lipinski definition) is 0. The number of aryl methyl sites for hydroxylation is 1. The van der Waals surface area contributed by atoms with E-state index in [-0.39, 0.29) is 5.41 Å². The molecule has 3 nitrogen and oxygen atoms in total. The molecule has 248 valence electrons. The van der Waals surface area contributed by atoms with Gasteiger partial charge in [0.05, 0.1) is 0 Å². The summed E-state index contributed by atoms with van der Waals surface area (Å²) in [6, 6.07) is 60.3. The highest BCUT2D eigenvalue weighted by atomic mass is 16.3. The second kappa shape index (κ2) is 13.3. The van der Waals surface area contributed by atoms with E-state index in [1.807, 2.05) is 0 Å². The molecule has 0 N–H and O–H groups in total. The topological polar surface area (TPSA) is 29.3 Å². The zero-order valence-electron chi connectivity index (χ0n) is 29.5. The molecule has 7 aromatic carbocycles. The lowest BCUT2D eigenvalue weighted by Crippen LogP contribution is -2.11. The first-order valence-electron chi connectivity index (χ1n) is 17.5. The molecule has 1 heterocycles. The summed E-state index contributed by atoms with van der Waals surface area (Å²) in [7, 11) is 0. The van der Waals surface area contributed by atoms with Gasteiger partial charge in [0.2, 0.25) is 5.89 Å². The van der Waals surface area contributed by atoms with Crippen LogP contribution in [0.2, 0.25) is 0 Å². The van der Waals surface area contributed by atoms with Gasteiger partial charge in [0.1, 0.15) is 5.52 Å². The molecule has 51 heavy (non-hydrogen) atoms. The van der Waals surface area contributed by atoms with Gasteiger partial charge < -0.3 is 9.32 Å². The van der Waals surface area contributed by atoms with Gasteiger partial charge in [-0.1, -0.05) is 136 Å². The summed E-state index contributed by atoms with van der Waals surface area (Å²) >= 11 is 0. The number of rotatable bonds is 7. The zero-order valence-corrected chi connectivity index (χ0v) is 29.5. The molecule has 0 aliphatic heterocycles. The highest BCUT2D eigenvalue weighted by Gasteiger charge is 2.19. The van der Waals surface area contributed by atoms with E-state index in [0.717, 1.165) is 44.9 Å². The molecule has 0 saturated carbocycles. The van der Waals surface area contributed by atoms with Crippen molar-refractivity contribution in [1.29, 1.82) is 0 Å². The van der Waals surface area contributed by atoms with Gasteiger partial charge in [0, 0.05) is 22.6 Å². The SMILES string of the molecule is Cc1cc(C(C)(C)C)cc2nc(-c3ccc(-c4ccccc4-c4ccccc4-c4ccc(N(c5ccccc5)c5ccccc5)cc4)cc3)oc12. The van der Waals surface area contributed by atoms with Crippen molar-refractivity contribution in [2.45, 2.75) is 33.1 Å². The van der Waals surface area contributed by atoms with E-state index in [4.69, 9.17) is 9.40 Å². The van der Waals surface area contributed by atoms with Gasteiger partial charge in [-0.15, -0.1) is 0 Å². The van der Waals surface area contributed by atoms with E-state index in [1.165, 1.54) is 33.4 Å². The highest BCUT2D eigenvalue weighted by molar-refractivity contribution is 5.92. The number of benzene rings is 7. The third-order valence-corrected chi connectivity index (χ3v) is 9.59. The van der Waals surface area contributed by atoms with Crippen LogP contribution in [0.5, 0.6) is 0 Å². The number of anilines is 3. The molecule has 0 aliphatic carbocycles. The van der Waals surface area contributed by atoms with Crippen molar-refractivity contribution in [3.63, 3.8) is 0 Å². The maximum Gasteiger partial charge on any atom is 0.227 e. The van der Waals surface area contributed by atoms with Gasteiger partial charge >= 0.3 is 0 Å². The second-order valence-electron chi connectivity index (χ2n) is 14.1. The third-order valence-electron chi connectivity index (χ3n) is 9.59. The normalized spacial score (nSPS) is 11.5. The Hall–Kier alpha value is -6.19. The molecule has 0 radical (unpaired) electrons. The molecule has 3 heteroatoms. The van der Waals surface area contributed by atoms with Crippen molar-refractivity contribution >= 4 is 28.2 Å². The predicted molar refractivity (Wildman–Crippen MR) is 214 cm³/mol. The van der Waals surface area contributed by atoms with Crippen LogP contribution in [0.3, 0.4) is 0 Å². The van der Waals surface area contributed by atoms with Crippen LogP contribution >= 0.6 is 0 Å². The fraction of sp³-hybridized carbons (Fsp3) is 0.104. The van der Waals surface area contributed by atoms with E-state index in [2.05, 4.69) is 202 Å². The first-order valence-corrected chi connectivity index (χ1v) is 17.5. The van der Waals surface area contributed by atoms with Crippen molar-refractivity contribution in [2.75, 3.05) is 4.90 Å². The maximum atomic E-state index is 6.32. The summed E-state index contributed by atoms with van der Waals surface area (Å²) in [5.41, 5.74) is 15.5. The minimum absolute atomic E-state index is 0.0428. The van der Waals surface area contributed by atoms with E-state index >= 15 is 0 Å². The van der Waals surface area contributed by atoms with Crippen molar-refractivity contribution in [3.05, 3.63) is 181 Å². The summed E-state index contributed by atoms with van der Waals surface area (Å²) in [5.74, 6) is 0.644. The second-order valence-corrected chi connectivity index (χ2v) is 14.1. The van der Waals surface area contributed by atoms with Crippen LogP contribution in [-0.4, -0.2) is 4.98 Å². The van der Waals surface area contributed by atoms with E-state index in [9.17, 15) is 0 Å². The molecule has 0 bridgehead atoms. The van der Waals surface area contributed by atoms with Gasteiger partial charge in [-0.2, -0.15) is 0 Å². The lowest BCUT2D eigenvalue weighted by atomic mass is 9.86. The lowest BCUT2D eigenvalue weighted by Gasteiger charge is -2.25. The highest BCUT2D eigenvalue weighted by Crippen LogP contribution is 2.41. The van der Waals surface area contributed by atoms with Crippen molar-refractivity contribution in [1.82, 2.24) is 4.98 Å². The minimum Gasteiger partial charge on any atom is -0.436 e. The summed E-state index contributed by atoms with van der Waals surface area (Å²) in [6.07, 6.45) is 0. The first-order chi connectivity index (χ1) is 24.8. The van der Waals surface area contributed by atoms with E-state index < -0.39 is 0 Å². The quantitative estimate of drug-likeness (QED) is 0.170. The van der Waals surface area contributed by atoms with E-state index in [0.29, 0.717) is 5.89 Å². The smallest absolute Gasteiger partial charge is 0.227 e. The predicted octanol–water partition coefficient (Wildman–Crippen LogP) is 13.6. The Labute approximate surface area is 300 Å². The Morgan fingerprint density at radius 3 is 1.41 bits per heavy atom. The molecule has 0 unspecified atom stereocenters. The summed E-state index contributed by atoms with van der Waals surface area (Å²) in [6.45, 7) is 8.78. The number of nitrogens with zero attached hydrogens (tertiary/aromatic N) is 2. The van der Waals surface area contributed by atoms with Crippen LogP contribution in [0.15, 0.2) is 174 Å². The Morgan fingerprint density at radius 1 is 0.471 bits per heavy atom. The summed E-state index contributed by atoms with van der Waals surface area (Å²) in [5, 5.41) is 0. The number of hydrogen-bond acceptors (Lipinski definition) is 3. The van der Waals surface area contributed by atoms with Crippen LogP contribution in [0.25, 0.3) is 55.9 Å². The zero-order chi connectivity index (χ0) is 35.0. The summed E-state index contributed by atoms with van der Waals surface area (Å²) in [4.78, 5) is 7.20. The molecule has 8 aromatic rings. The molecule has 0 spiro atoms. The number of para-hydroxylation sites is 2. The number of fused-ring (bicyclic) bond motifs is 1. The Balaban J connectivity index is 1.12. The first kappa shape index (κ1) is 32.0. The Bertz CT molecular complexity index is 2400. The maximum absolute atomic E-state index is 6.32. The molecule has 0 fully saturated rings. The van der Waals surface area contributed by atoms with Gasteiger partial charge in [0.15, 0.2) is 5.58 Å². The van der Waals surface area contributed by atoms with Crippen molar-refractivity contribution < 1.29 is 4.42 Å². The summed E-state index contributed by atoms with van der Waals surface area (Å²) < 4.78 is 6.32. The van der Waals surface area contributed by atoms with Crippen molar-refractivity contribution in [2.24, 2.45) is 0 Å². The molecule has 0 atom stereocenters. The van der Waals surface area contributed by atoms with Crippen LogP contribution in [0.1, 0.15) is 31.9 Å². The van der Waals surface area contributed by atoms with Crippen LogP contribution in [0.4, 0.5) is 17.1 Å². The van der Waals surface area contributed by atoms with Gasteiger partial charge in [0.25, 0.3) is 0 Å². The van der Waals surface area contributed by atoms with Gasteiger partial charge in [-0.05, 0) is 111 Å². The molecule has 8 rings (SSSR count). The molecule has 0 aliphatic rings. The van der Waals surface area contributed by atoms with Crippen molar-refractivity contribution in [3.8, 4) is 44.8 Å². The lowest BCUT2D eigenvalue weighted by molar-refractivity contribution is 0.589. The van der Waals surface area contributed by atoms with E-state index in [1.54, 1.807) is 0 Å². The molecule has 0 amide bonds. The molecule has 1 aromatic heterocycles. The van der Waals surface area contributed by atoms with Gasteiger partial charge in [-0.25, -0.2) is 4.98 Å². The fourth-order valence-electron chi connectivity index (χ4n) is 6.88. The van der Waals surface area contributed by atoms with Crippen LogP contribution in [-0.2, 0) is 5.41 Å². The monoisotopic (exact) mass is 660 g/mol. The average Bonchev–Trinajstić information content (AvgIpc) is 3.61. The average molecular weight is 661 g/mol. The molecular formula is C48H40N2O. The van der Waals surface area contributed by atoms with Gasteiger partial charge in [-0.3, -0.25) is 0 Å². The largest absolute Gasteiger partial charge is 0.436 e. The Kier molecular flexibility index (Phi) is 8.33. The minimum atomic E-state index is 0.0428. The molecular weight excluding hydrogens is 621 g/mol. The standard InChI is InChI=1S/C48H40N2O/c1-33-31-37(48(2,3)4)32-45-46(33)51-47(49-45)36-25-23-34(24-26-36)41-19-11-13-21-43(41)44-22-14-12-20-42(44)35-27-29-40(30-28-35)50(38-15-7-5-8-16-38)39-17-9-6-10-18-39/h5-32H,1-4H3. The van der Waals surface area contributed by atoms with Crippen LogP contribution in [0, 0.1) is 6.92 Å². The fourth-order valence-corrected chi connectivity index (χ4v) is 6.88. The number of oxazole rings is 1. The van der Waals surface area contributed by atoms with Crippen LogP contribution < -0.4 is 4.90 Å².